The standard InChI is InChI=1S/C36H39N2O/c1-23-9-15-28-29-16-14-27(22-37)32(26-12-10-24(11-13-26)20-35(2,3)4)34(29)39-33(28)31(23)30-19-25(17-18-38(30)8)21-36(5,6)7/h9-19H,20-21H2,1-8H3/q+1. The van der Waals surface area contributed by atoms with Crippen LogP contribution in [0.1, 0.15) is 63.8 Å². The molecule has 0 saturated carbocycles. The van der Waals surface area contributed by atoms with Gasteiger partial charge in [0.2, 0.25) is 5.69 Å². The van der Waals surface area contributed by atoms with Gasteiger partial charge in [-0.25, -0.2) is 4.57 Å². The van der Waals surface area contributed by atoms with Crippen LogP contribution in [-0.4, -0.2) is 0 Å². The third-order valence-corrected chi connectivity index (χ3v) is 7.32. The number of furan rings is 1. The van der Waals surface area contributed by atoms with Crippen molar-refractivity contribution in [2.45, 2.75) is 61.3 Å². The molecule has 0 amide bonds. The van der Waals surface area contributed by atoms with Crippen LogP contribution in [0.2, 0.25) is 0 Å². The summed E-state index contributed by atoms with van der Waals surface area (Å²) in [7, 11) is 2.09. The van der Waals surface area contributed by atoms with E-state index in [9.17, 15) is 5.26 Å². The highest BCUT2D eigenvalue weighted by molar-refractivity contribution is 6.14. The molecule has 0 aliphatic rings. The molecule has 5 aromatic rings. The van der Waals surface area contributed by atoms with Gasteiger partial charge in [0.15, 0.2) is 6.20 Å². The molecule has 3 heteroatoms. The SMILES string of the molecule is Cc1ccc2c(oc3c(-c4ccc(CC(C)(C)C)cc4)c(C#N)ccc32)c1-c1cc(CC(C)(C)C)cc[n+]1C. The molecule has 3 aromatic carbocycles. The fourth-order valence-electron chi connectivity index (χ4n) is 5.69. The van der Waals surface area contributed by atoms with E-state index in [1.54, 1.807) is 0 Å². The monoisotopic (exact) mass is 515 g/mol. The molecule has 5 rings (SSSR count). The third-order valence-electron chi connectivity index (χ3n) is 7.32. The van der Waals surface area contributed by atoms with Gasteiger partial charge in [-0.05, 0) is 65.0 Å². The second kappa shape index (κ2) is 9.69. The lowest BCUT2D eigenvalue weighted by atomic mass is 9.87. The number of aromatic nitrogens is 1. The quantitative estimate of drug-likeness (QED) is 0.224. The van der Waals surface area contributed by atoms with Gasteiger partial charge in [-0.15, -0.1) is 0 Å². The molecule has 0 saturated heterocycles. The van der Waals surface area contributed by atoms with Crippen molar-refractivity contribution in [3.63, 3.8) is 0 Å². The van der Waals surface area contributed by atoms with Crippen molar-refractivity contribution in [3.8, 4) is 28.5 Å². The highest BCUT2D eigenvalue weighted by atomic mass is 16.3. The number of benzene rings is 3. The number of hydrogen-bond acceptors (Lipinski definition) is 2. The van der Waals surface area contributed by atoms with Crippen LogP contribution < -0.4 is 4.57 Å². The molecule has 198 valence electrons. The number of fused-ring (bicyclic) bond motifs is 3. The lowest BCUT2D eigenvalue weighted by molar-refractivity contribution is -0.660. The second-order valence-corrected chi connectivity index (χ2v) is 13.4. The molecule has 0 bridgehead atoms. The normalized spacial score (nSPS) is 12.3. The Morgan fingerprint density at radius 3 is 1.95 bits per heavy atom. The predicted molar refractivity (Wildman–Crippen MR) is 162 cm³/mol. The van der Waals surface area contributed by atoms with Gasteiger partial charge in [-0.1, -0.05) is 77.9 Å². The number of nitriles is 1. The second-order valence-electron chi connectivity index (χ2n) is 13.4. The summed E-state index contributed by atoms with van der Waals surface area (Å²) in [5.41, 5.74) is 10.6. The zero-order valence-electron chi connectivity index (χ0n) is 24.6. The molecule has 2 heterocycles. The maximum atomic E-state index is 10.1. The summed E-state index contributed by atoms with van der Waals surface area (Å²) in [5.74, 6) is 0. The van der Waals surface area contributed by atoms with Gasteiger partial charge >= 0.3 is 0 Å². The van der Waals surface area contributed by atoms with Crippen LogP contribution in [-0.2, 0) is 19.9 Å². The number of aryl methyl sites for hydroxylation is 2. The van der Waals surface area contributed by atoms with E-state index in [0.29, 0.717) is 5.56 Å². The molecule has 0 radical (unpaired) electrons. The predicted octanol–water partition coefficient (Wildman–Crippen LogP) is 9.10. The smallest absolute Gasteiger partial charge is 0.216 e. The maximum Gasteiger partial charge on any atom is 0.216 e. The molecule has 3 nitrogen and oxygen atoms in total. The van der Waals surface area contributed by atoms with Crippen LogP contribution in [0.5, 0.6) is 0 Å². The highest BCUT2D eigenvalue weighted by Crippen LogP contribution is 2.42. The molecule has 39 heavy (non-hydrogen) atoms. The van der Waals surface area contributed by atoms with Crippen molar-refractivity contribution >= 4 is 21.9 Å². The van der Waals surface area contributed by atoms with Crippen molar-refractivity contribution in [2.75, 3.05) is 0 Å². The number of pyridine rings is 1. The molecule has 0 N–H and O–H groups in total. The van der Waals surface area contributed by atoms with E-state index in [2.05, 4.69) is 121 Å². The van der Waals surface area contributed by atoms with Crippen molar-refractivity contribution in [1.82, 2.24) is 0 Å². The van der Waals surface area contributed by atoms with E-state index in [0.717, 1.165) is 57.2 Å². The molecule has 0 fully saturated rings. The molecule has 0 aliphatic heterocycles. The van der Waals surface area contributed by atoms with E-state index in [4.69, 9.17) is 4.42 Å². The first-order valence-electron chi connectivity index (χ1n) is 13.8. The van der Waals surface area contributed by atoms with Gasteiger partial charge in [0.05, 0.1) is 17.2 Å². The average molecular weight is 516 g/mol. The van der Waals surface area contributed by atoms with Crippen LogP contribution in [0.25, 0.3) is 44.3 Å². The Bertz CT molecular complexity index is 1730. The minimum atomic E-state index is 0.197. The first-order valence-corrected chi connectivity index (χ1v) is 13.8. The van der Waals surface area contributed by atoms with Crippen LogP contribution in [0.15, 0.2) is 71.3 Å². The lowest BCUT2D eigenvalue weighted by Gasteiger charge is -2.18. The molecule has 0 atom stereocenters. The van der Waals surface area contributed by atoms with Gasteiger partial charge in [-0.3, -0.25) is 0 Å². The van der Waals surface area contributed by atoms with Gasteiger partial charge in [-0.2, -0.15) is 5.26 Å². The van der Waals surface area contributed by atoms with E-state index >= 15 is 0 Å². The summed E-state index contributed by atoms with van der Waals surface area (Å²) < 4.78 is 8.97. The van der Waals surface area contributed by atoms with Gasteiger partial charge in [0.25, 0.3) is 0 Å². The summed E-state index contributed by atoms with van der Waals surface area (Å²) in [6.07, 6.45) is 4.15. The Kier molecular flexibility index (Phi) is 6.63. The first-order chi connectivity index (χ1) is 18.3. The Morgan fingerprint density at radius 1 is 0.744 bits per heavy atom. The number of hydrogen-bond donors (Lipinski definition) is 0. The molecular weight excluding hydrogens is 476 g/mol. The lowest BCUT2D eigenvalue weighted by Crippen LogP contribution is -2.31. The van der Waals surface area contributed by atoms with Crippen LogP contribution in [0.3, 0.4) is 0 Å². The Balaban J connectivity index is 1.74. The largest absolute Gasteiger partial charge is 0.454 e. The van der Waals surface area contributed by atoms with Crippen molar-refractivity contribution in [3.05, 3.63) is 89.1 Å². The topological polar surface area (TPSA) is 40.8 Å². The average Bonchev–Trinajstić information content (AvgIpc) is 3.22. The number of rotatable bonds is 4. The first kappa shape index (κ1) is 26.7. The summed E-state index contributed by atoms with van der Waals surface area (Å²) in [5, 5.41) is 12.2. The molecule has 0 aliphatic carbocycles. The Labute approximate surface area is 232 Å². The molecule has 2 aromatic heterocycles. The van der Waals surface area contributed by atoms with Crippen molar-refractivity contribution in [1.29, 1.82) is 5.26 Å². The van der Waals surface area contributed by atoms with Crippen molar-refractivity contribution in [2.24, 2.45) is 17.9 Å². The van der Waals surface area contributed by atoms with E-state index in [-0.39, 0.29) is 10.8 Å². The van der Waals surface area contributed by atoms with Gasteiger partial charge in [0, 0.05) is 28.5 Å². The maximum absolute atomic E-state index is 10.1. The van der Waals surface area contributed by atoms with Crippen molar-refractivity contribution < 1.29 is 8.98 Å². The minimum Gasteiger partial charge on any atom is -0.454 e. The van der Waals surface area contributed by atoms with E-state index in [1.165, 1.54) is 16.7 Å². The Hall–Kier alpha value is -3.90. The molecule has 0 spiro atoms. The Morgan fingerprint density at radius 2 is 1.33 bits per heavy atom. The molecule has 0 unspecified atom stereocenters. The fourth-order valence-corrected chi connectivity index (χ4v) is 5.69. The number of nitrogens with zero attached hydrogens (tertiary/aromatic N) is 2. The summed E-state index contributed by atoms with van der Waals surface area (Å²) in [6, 6.07) is 23.9. The van der Waals surface area contributed by atoms with E-state index in [1.807, 2.05) is 12.1 Å². The summed E-state index contributed by atoms with van der Waals surface area (Å²) in [6.45, 7) is 15.7. The minimum absolute atomic E-state index is 0.197. The molecular formula is C36H39N2O+. The fraction of sp³-hybridized carbons (Fsp3) is 0.333. The zero-order valence-corrected chi connectivity index (χ0v) is 24.6. The van der Waals surface area contributed by atoms with Gasteiger partial charge < -0.3 is 4.42 Å². The van der Waals surface area contributed by atoms with Crippen LogP contribution in [0.4, 0.5) is 0 Å². The highest BCUT2D eigenvalue weighted by Gasteiger charge is 2.24. The summed E-state index contributed by atoms with van der Waals surface area (Å²) >= 11 is 0. The van der Waals surface area contributed by atoms with Gasteiger partial charge in [0.1, 0.15) is 18.2 Å². The van der Waals surface area contributed by atoms with E-state index < -0.39 is 0 Å². The third kappa shape index (κ3) is 5.34. The van der Waals surface area contributed by atoms with Crippen LogP contribution >= 0.6 is 0 Å². The summed E-state index contributed by atoms with van der Waals surface area (Å²) in [4.78, 5) is 0. The zero-order chi connectivity index (χ0) is 28.1. The van der Waals surface area contributed by atoms with Crippen LogP contribution in [0, 0.1) is 29.1 Å².